The van der Waals surface area contributed by atoms with Crippen molar-refractivity contribution in [1.82, 2.24) is 5.43 Å². The number of nitrogens with zero attached hydrogens (tertiary/aromatic N) is 1. The first-order valence-electron chi connectivity index (χ1n) is 8.90. The first-order chi connectivity index (χ1) is 12.1. The Labute approximate surface area is 160 Å². The van der Waals surface area contributed by atoms with Crippen molar-refractivity contribution in [2.24, 2.45) is 21.8 Å². The maximum Gasteiger partial charge on any atom is 0.241 e. The fraction of sp³-hybridized carbons (Fsp3) is 0.579. The van der Waals surface area contributed by atoms with Gasteiger partial charge in [0.15, 0.2) is 9.84 Å². The van der Waals surface area contributed by atoms with E-state index in [2.05, 4.69) is 31.3 Å². The van der Waals surface area contributed by atoms with E-state index in [-0.39, 0.29) is 33.8 Å². The zero-order valence-corrected chi connectivity index (χ0v) is 17.0. The highest BCUT2D eigenvalue weighted by Crippen LogP contribution is 2.63. The summed E-state index contributed by atoms with van der Waals surface area (Å²) < 4.78 is 24.6. The van der Waals surface area contributed by atoms with Crippen molar-refractivity contribution < 1.29 is 13.2 Å². The van der Waals surface area contributed by atoms with Crippen LogP contribution >= 0.6 is 11.6 Å². The van der Waals surface area contributed by atoms with E-state index in [0.29, 0.717) is 10.9 Å². The maximum atomic E-state index is 12.3. The standard InChI is InChI=1S/C19H25ClN2O3S/c1-18(2)13-8-10-19(18,3)16(12-13)21-22-17(23)9-11-26(24,25)15-6-4-14(20)5-7-15/h4-7,13H,8-12H2,1-3H3,(H,22,23)/b21-16+/t13-,19-/m0/s1. The zero-order chi connectivity index (χ0) is 19.2. The van der Waals surface area contributed by atoms with Crippen LogP contribution in [0.1, 0.15) is 46.5 Å². The molecule has 2 saturated carbocycles. The summed E-state index contributed by atoms with van der Waals surface area (Å²) in [6, 6.07) is 5.96. The van der Waals surface area contributed by atoms with Crippen LogP contribution < -0.4 is 5.43 Å². The molecule has 2 aliphatic rings. The third-order valence-electron chi connectivity index (χ3n) is 6.60. The van der Waals surface area contributed by atoms with Crippen molar-refractivity contribution in [2.45, 2.75) is 51.3 Å². The van der Waals surface area contributed by atoms with E-state index in [1.165, 1.54) is 30.7 Å². The highest BCUT2D eigenvalue weighted by molar-refractivity contribution is 7.91. The summed E-state index contributed by atoms with van der Waals surface area (Å²) in [7, 11) is -3.52. The lowest BCUT2D eigenvalue weighted by Crippen LogP contribution is -2.34. The fourth-order valence-corrected chi connectivity index (χ4v) is 5.64. The number of rotatable bonds is 5. The molecule has 26 heavy (non-hydrogen) atoms. The second-order valence-corrected chi connectivity index (χ2v) is 10.7. The van der Waals surface area contributed by atoms with Crippen LogP contribution in [0.15, 0.2) is 34.3 Å². The number of carbonyl (C=O) groups is 1. The highest BCUT2D eigenvalue weighted by atomic mass is 35.5. The molecule has 0 spiro atoms. The first-order valence-corrected chi connectivity index (χ1v) is 10.9. The number of benzene rings is 1. The number of halogens is 1. The van der Waals surface area contributed by atoms with Gasteiger partial charge in [-0.3, -0.25) is 4.79 Å². The average Bonchev–Trinajstić information content (AvgIpc) is 2.92. The summed E-state index contributed by atoms with van der Waals surface area (Å²) in [4.78, 5) is 12.3. The van der Waals surface area contributed by atoms with Gasteiger partial charge in [0.05, 0.1) is 10.6 Å². The van der Waals surface area contributed by atoms with Gasteiger partial charge in [-0.25, -0.2) is 13.8 Å². The maximum absolute atomic E-state index is 12.3. The van der Waals surface area contributed by atoms with Gasteiger partial charge in [-0.15, -0.1) is 0 Å². The Morgan fingerprint density at radius 1 is 1.27 bits per heavy atom. The Morgan fingerprint density at radius 2 is 1.92 bits per heavy atom. The molecule has 7 heteroatoms. The van der Waals surface area contributed by atoms with Crippen LogP contribution in [-0.4, -0.2) is 25.8 Å². The van der Waals surface area contributed by atoms with Gasteiger partial charge >= 0.3 is 0 Å². The minimum Gasteiger partial charge on any atom is -0.273 e. The zero-order valence-electron chi connectivity index (χ0n) is 15.4. The molecule has 0 radical (unpaired) electrons. The van der Waals surface area contributed by atoms with Gasteiger partial charge in [0, 0.05) is 22.6 Å². The van der Waals surface area contributed by atoms with Gasteiger partial charge in [-0.1, -0.05) is 32.4 Å². The summed E-state index contributed by atoms with van der Waals surface area (Å²) >= 11 is 5.78. The fourth-order valence-electron chi connectivity index (χ4n) is 4.27. The summed E-state index contributed by atoms with van der Waals surface area (Å²) in [5, 5.41) is 4.84. The molecule has 0 heterocycles. The van der Waals surface area contributed by atoms with Crippen LogP contribution in [0.4, 0.5) is 0 Å². The van der Waals surface area contributed by atoms with Gasteiger partial charge in [0.2, 0.25) is 5.91 Å². The molecule has 142 valence electrons. The Hall–Kier alpha value is -1.40. The Balaban J connectivity index is 1.59. The smallest absolute Gasteiger partial charge is 0.241 e. The van der Waals surface area contributed by atoms with Gasteiger partial charge in [-0.05, 0) is 54.9 Å². The lowest BCUT2D eigenvalue weighted by molar-refractivity contribution is -0.120. The van der Waals surface area contributed by atoms with E-state index in [9.17, 15) is 13.2 Å². The van der Waals surface area contributed by atoms with Crippen molar-refractivity contribution in [2.75, 3.05) is 5.75 Å². The third-order valence-corrected chi connectivity index (χ3v) is 8.58. The molecule has 5 nitrogen and oxygen atoms in total. The lowest BCUT2D eigenvalue weighted by Gasteiger charge is -2.34. The molecular formula is C19H25ClN2O3S. The van der Waals surface area contributed by atoms with E-state index in [1.807, 2.05) is 0 Å². The molecule has 3 rings (SSSR count). The SMILES string of the molecule is CC1(C)[C@H]2CC[C@@]1(C)/C(=N/NC(=O)CCS(=O)(=O)c1ccc(Cl)cc1)C2. The van der Waals surface area contributed by atoms with E-state index in [4.69, 9.17) is 11.6 Å². The highest BCUT2D eigenvalue weighted by Gasteiger charge is 2.60. The van der Waals surface area contributed by atoms with Crippen LogP contribution in [-0.2, 0) is 14.6 Å². The predicted octanol–water partition coefficient (Wildman–Crippen LogP) is 3.82. The molecule has 0 unspecified atom stereocenters. The Bertz CT molecular complexity index is 846. The molecule has 0 aromatic heterocycles. The summed E-state index contributed by atoms with van der Waals surface area (Å²) in [6.45, 7) is 6.76. The predicted molar refractivity (Wildman–Crippen MR) is 103 cm³/mol. The first kappa shape index (κ1) is 19.4. The molecule has 1 aromatic rings. The minimum absolute atomic E-state index is 0.0142. The van der Waals surface area contributed by atoms with Crippen molar-refractivity contribution in [3.05, 3.63) is 29.3 Å². The molecule has 2 fully saturated rings. The van der Waals surface area contributed by atoms with Crippen LogP contribution in [0.5, 0.6) is 0 Å². The van der Waals surface area contributed by atoms with Crippen LogP contribution in [0.25, 0.3) is 0 Å². The van der Waals surface area contributed by atoms with Gasteiger partial charge in [-0.2, -0.15) is 5.10 Å². The third kappa shape index (κ3) is 3.29. The normalized spacial score (nSPS) is 28.5. The second-order valence-electron chi connectivity index (χ2n) is 8.11. The summed E-state index contributed by atoms with van der Waals surface area (Å²) in [5.41, 5.74) is 3.81. The number of sulfone groups is 1. The summed E-state index contributed by atoms with van der Waals surface area (Å²) in [5.74, 6) is -0.0240. The molecule has 2 aliphatic carbocycles. The Morgan fingerprint density at radius 3 is 2.46 bits per heavy atom. The van der Waals surface area contributed by atoms with Crippen molar-refractivity contribution in [3.8, 4) is 0 Å². The number of carbonyl (C=O) groups excluding carboxylic acids is 1. The molecule has 0 saturated heterocycles. The topological polar surface area (TPSA) is 75.6 Å². The molecule has 2 bridgehead atoms. The van der Waals surface area contributed by atoms with Crippen LogP contribution in [0.2, 0.25) is 5.02 Å². The number of hydrogen-bond donors (Lipinski definition) is 1. The van der Waals surface area contributed by atoms with Gasteiger partial charge < -0.3 is 0 Å². The van der Waals surface area contributed by atoms with Crippen LogP contribution in [0.3, 0.4) is 0 Å². The van der Waals surface area contributed by atoms with E-state index in [0.717, 1.165) is 18.6 Å². The molecule has 0 aliphatic heterocycles. The van der Waals surface area contributed by atoms with Crippen molar-refractivity contribution in [3.63, 3.8) is 0 Å². The number of hydrogen-bond acceptors (Lipinski definition) is 4. The van der Waals surface area contributed by atoms with E-state index < -0.39 is 9.84 Å². The quantitative estimate of drug-likeness (QED) is 0.768. The molecule has 2 atom stereocenters. The molecule has 1 amide bonds. The molecular weight excluding hydrogens is 372 g/mol. The monoisotopic (exact) mass is 396 g/mol. The van der Waals surface area contributed by atoms with Crippen LogP contribution in [0, 0.1) is 16.7 Å². The van der Waals surface area contributed by atoms with E-state index >= 15 is 0 Å². The molecule has 1 aromatic carbocycles. The number of hydrazone groups is 1. The van der Waals surface area contributed by atoms with Gasteiger partial charge in [0.1, 0.15) is 0 Å². The summed E-state index contributed by atoms with van der Waals surface area (Å²) in [6.07, 6.45) is 3.08. The lowest BCUT2D eigenvalue weighted by atomic mass is 9.70. The average molecular weight is 397 g/mol. The Kier molecular flexibility index (Phi) is 4.95. The largest absolute Gasteiger partial charge is 0.273 e. The number of fused-ring (bicyclic) bond motifs is 2. The second kappa shape index (κ2) is 6.64. The van der Waals surface area contributed by atoms with Crippen molar-refractivity contribution in [1.29, 1.82) is 0 Å². The molecule has 1 N–H and O–H groups in total. The number of nitrogens with one attached hydrogen (secondary N) is 1. The van der Waals surface area contributed by atoms with E-state index in [1.54, 1.807) is 0 Å². The van der Waals surface area contributed by atoms with Crippen molar-refractivity contribution >= 4 is 33.1 Å². The minimum atomic E-state index is -3.52. The number of amides is 1. The van der Waals surface area contributed by atoms with Gasteiger partial charge in [0.25, 0.3) is 0 Å².